The quantitative estimate of drug-likeness (QED) is 0.491. The number of nitrogens with one attached hydrogen (secondary N) is 1. The van der Waals surface area contributed by atoms with Gasteiger partial charge in [-0.15, -0.1) is 0 Å². The maximum absolute atomic E-state index is 13.0. The number of aryl methyl sites for hydroxylation is 1. The molecule has 1 aromatic heterocycles. The van der Waals surface area contributed by atoms with Gasteiger partial charge in [-0.05, 0) is 29.4 Å². The third-order valence-electron chi connectivity index (χ3n) is 6.25. The van der Waals surface area contributed by atoms with Crippen LogP contribution in [0.15, 0.2) is 30.6 Å². The van der Waals surface area contributed by atoms with E-state index in [0.29, 0.717) is 31.2 Å². The molecule has 0 unspecified atom stereocenters. The normalized spacial score (nSPS) is 19.0. The van der Waals surface area contributed by atoms with Gasteiger partial charge in [0.25, 0.3) is 0 Å². The Kier molecular flexibility index (Phi) is 7.59. The molecule has 2 aromatic rings. The Hall–Kier alpha value is -2.83. The summed E-state index contributed by atoms with van der Waals surface area (Å²) in [6.07, 6.45) is 4.42. The first-order chi connectivity index (χ1) is 15.2. The molecule has 1 aliphatic rings. The molecule has 0 spiro atoms. The fourth-order valence-corrected chi connectivity index (χ4v) is 4.52. The van der Waals surface area contributed by atoms with Gasteiger partial charge in [-0.2, -0.15) is 5.10 Å². The van der Waals surface area contributed by atoms with Crippen molar-refractivity contribution >= 4 is 17.6 Å². The molecule has 32 heavy (non-hydrogen) atoms. The van der Waals surface area contributed by atoms with Crippen molar-refractivity contribution < 1.29 is 14.3 Å². The number of carbonyl (C=O) groups excluding carboxylic acids is 2. The number of ether oxygens (including phenoxy) is 1. The van der Waals surface area contributed by atoms with E-state index in [9.17, 15) is 9.59 Å². The minimum Gasteiger partial charge on any atom is -0.464 e. The molecule has 1 aromatic carbocycles. The Bertz CT molecular complexity index is 924. The van der Waals surface area contributed by atoms with Crippen LogP contribution in [-0.2, 0) is 21.4 Å². The molecule has 1 amide bonds. The van der Waals surface area contributed by atoms with Crippen LogP contribution < -0.4 is 5.32 Å². The highest BCUT2D eigenvalue weighted by atomic mass is 16.5. The molecule has 7 heteroatoms. The monoisotopic (exact) mass is 440 g/mol. The van der Waals surface area contributed by atoms with E-state index in [-0.39, 0.29) is 24.5 Å². The standard InChI is InChI=1S/C25H36N4O3/c1-16(2)19-8-7-9-20(17(3)4)23(19)26-12-13-32-25(31)21-10-11-22(30)29(6)24(21)18-14-27-28(5)15-18/h7-9,14-17,21,24,26H,10-13H2,1-6H3/t21-,24-/m0/s1. The first-order valence-electron chi connectivity index (χ1n) is 11.5. The number of carbonyl (C=O) groups is 2. The highest BCUT2D eigenvalue weighted by Crippen LogP contribution is 2.36. The summed E-state index contributed by atoms with van der Waals surface area (Å²) in [6.45, 7) is 9.55. The summed E-state index contributed by atoms with van der Waals surface area (Å²) in [7, 11) is 3.57. The van der Waals surface area contributed by atoms with Gasteiger partial charge in [0.05, 0.1) is 18.2 Å². The van der Waals surface area contributed by atoms with Gasteiger partial charge in [0.15, 0.2) is 0 Å². The lowest BCUT2D eigenvalue weighted by molar-refractivity contribution is -0.155. The van der Waals surface area contributed by atoms with Gasteiger partial charge >= 0.3 is 5.97 Å². The Morgan fingerprint density at radius 3 is 2.41 bits per heavy atom. The maximum Gasteiger partial charge on any atom is 0.311 e. The predicted molar refractivity (Wildman–Crippen MR) is 126 cm³/mol. The summed E-state index contributed by atoms with van der Waals surface area (Å²) >= 11 is 0. The van der Waals surface area contributed by atoms with Crippen molar-refractivity contribution in [3.05, 3.63) is 47.3 Å². The number of hydrogen-bond acceptors (Lipinski definition) is 5. The fourth-order valence-electron chi connectivity index (χ4n) is 4.52. The summed E-state index contributed by atoms with van der Waals surface area (Å²) < 4.78 is 7.37. The molecule has 2 heterocycles. The molecular weight excluding hydrogens is 404 g/mol. The fraction of sp³-hybridized carbons (Fsp3) is 0.560. The van der Waals surface area contributed by atoms with Crippen molar-refractivity contribution in [1.82, 2.24) is 14.7 Å². The third kappa shape index (κ3) is 5.14. The lowest BCUT2D eigenvalue weighted by atomic mass is 9.86. The van der Waals surface area contributed by atoms with Crippen LogP contribution in [0, 0.1) is 5.92 Å². The summed E-state index contributed by atoms with van der Waals surface area (Å²) in [5.41, 5.74) is 4.54. The van der Waals surface area contributed by atoms with E-state index < -0.39 is 5.92 Å². The number of likely N-dealkylation sites (tertiary alicyclic amines) is 1. The molecule has 2 atom stereocenters. The zero-order valence-electron chi connectivity index (χ0n) is 20.1. The van der Waals surface area contributed by atoms with Crippen LogP contribution in [0.4, 0.5) is 5.69 Å². The van der Waals surface area contributed by atoms with Gasteiger partial charge in [0.1, 0.15) is 6.61 Å². The van der Waals surface area contributed by atoms with Crippen molar-refractivity contribution in [1.29, 1.82) is 0 Å². The molecule has 1 aliphatic heterocycles. The molecule has 0 radical (unpaired) electrons. The first kappa shape index (κ1) is 23.8. The van der Waals surface area contributed by atoms with Gasteiger partial charge in [-0.1, -0.05) is 45.9 Å². The van der Waals surface area contributed by atoms with Gasteiger partial charge in [0, 0.05) is 44.5 Å². The molecule has 0 aliphatic carbocycles. The van der Waals surface area contributed by atoms with E-state index in [0.717, 1.165) is 11.3 Å². The number of aromatic nitrogens is 2. The van der Waals surface area contributed by atoms with Crippen molar-refractivity contribution in [2.75, 3.05) is 25.5 Å². The second-order valence-electron chi connectivity index (χ2n) is 9.26. The number of amides is 1. The average Bonchev–Trinajstić information content (AvgIpc) is 3.18. The van der Waals surface area contributed by atoms with Crippen molar-refractivity contribution in [3.63, 3.8) is 0 Å². The summed E-state index contributed by atoms with van der Waals surface area (Å²) in [6, 6.07) is 6.06. The summed E-state index contributed by atoms with van der Waals surface area (Å²) in [4.78, 5) is 26.9. The SMILES string of the molecule is CC(C)c1cccc(C(C)C)c1NCCOC(=O)[C@H]1CCC(=O)N(C)[C@H]1c1cnn(C)c1. The second-order valence-corrected chi connectivity index (χ2v) is 9.26. The van der Waals surface area contributed by atoms with Crippen LogP contribution in [0.1, 0.15) is 75.1 Å². The van der Waals surface area contributed by atoms with E-state index in [1.807, 2.05) is 13.2 Å². The number of benzene rings is 1. The second kappa shape index (κ2) is 10.2. The maximum atomic E-state index is 13.0. The molecule has 1 N–H and O–H groups in total. The molecule has 1 fully saturated rings. The summed E-state index contributed by atoms with van der Waals surface area (Å²) in [5.74, 6) is 0.178. The highest BCUT2D eigenvalue weighted by molar-refractivity contribution is 5.82. The van der Waals surface area contributed by atoms with Crippen LogP contribution in [0.3, 0.4) is 0 Å². The lowest BCUT2D eigenvalue weighted by Crippen LogP contribution is -2.43. The number of anilines is 1. The zero-order valence-corrected chi connectivity index (χ0v) is 20.1. The van der Waals surface area contributed by atoms with E-state index in [4.69, 9.17) is 4.74 Å². The molecule has 7 nitrogen and oxygen atoms in total. The Morgan fingerprint density at radius 1 is 1.19 bits per heavy atom. The van der Waals surface area contributed by atoms with E-state index in [1.54, 1.807) is 22.8 Å². The number of rotatable bonds is 8. The zero-order chi connectivity index (χ0) is 23.4. The van der Waals surface area contributed by atoms with Crippen LogP contribution in [0.2, 0.25) is 0 Å². The molecule has 174 valence electrons. The van der Waals surface area contributed by atoms with Gasteiger partial charge in [0.2, 0.25) is 5.91 Å². The number of para-hydroxylation sites is 1. The topological polar surface area (TPSA) is 76.5 Å². The van der Waals surface area contributed by atoms with Crippen LogP contribution >= 0.6 is 0 Å². The third-order valence-corrected chi connectivity index (χ3v) is 6.25. The minimum atomic E-state index is -0.393. The average molecular weight is 441 g/mol. The smallest absolute Gasteiger partial charge is 0.311 e. The van der Waals surface area contributed by atoms with Crippen molar-refractivity contribution in [3.8, 4) is 0 Å². The van der Waals surface area contributed by atoms with Crippen LogP contribution in [0.5, 0.6) is 0 Å². The molecule has 3 rings (SSSR count). The number of nitrogens with zero attached hydrogens (tertiary/aromatic N) is 3. The molecule has 1 saturated heterocycles. The molecular formula is C25H36N4O3. The van der Waals surface area contributed by atoms with Crippen LogP contribution in [0.25, 0.3) is 0 Å². The van der Waals surface area contributed by atoms with Crippen molar-refractivity contribution in [2.45, 2.75) is 58.4 Å². The van der Waals surface area contributed by atoms with Gasteiger partial charge in [-0.25, -0.2) is 0 Å². The number of hydrogen-bond donors (Lipinski definition) is 1. The lowest BCUT2D eigenvalue weighted by Gasteiger charge is -2.37. The summed E-state index contributed by atoms with van der Waals surface area (Å²) in [5, 5.41) is 7.73. The van der Waals surface area contributed by atoms with E-state index >= 15 is 0 Å². The number of esters is 1. The molecule has 0 saturated carbocycles. The predicted octanol–water partition coefficient (Wildman–Crippen LogP) is 4.23. The van der Waals surface area contributed by atoms with Gasteiger partial charge in [-0.3, -0.25) is 14.3 Å². The van der Waals surface area contributed by atoms with Crippen LogP contribution in [-0.4, -0.2) is 46.8 Å². The highest BCUT2D eigenvalue weighted by Gasteiger charge is 2.40. The first-order valence-corrected chi connectivity index (χ1v) is 11.5. The van der Waals surface area contributed by atoms with Crippen molar-refractivity contribution in [2.24, 2.45) is 13.0 Å². The largest absolute Gasteiger partial charge is 0.464 e. The van der Waals surface area contributed by atoms with Gasteiger partial charge < -0.3 is 15.0 Å². The minimum absolute atomic E-state index is 0.0380. The van der Waals surface area contributed by atoms with E-state index in [2.05, 4.69) is 56.3 Å². The van der Waals surface area contributed by atoms with E-state index in [1.165, 1.54) is 11.1 Å². The Balaban J connectivity index is 1.65. The Labute approximate surface area is 191 Å². The molecule has 0 bridgehead atoms. The Morgan fingerprint density at radius 2 is 1.84 bits per heavy atom. The number of piperidine rings is 1.